The van der Waals surface area contributed by atoms with Gasteiger partial charge in [-0.2, -0.15) is 0 Å². The van der Waals surface area contributed by atoms with Crippen molar-refractivity contribution in [3.63, 3.8) is 0 Å². The Hall–Kier alpha value is -3.79. The Balaban J connectivity index is 1.47. The molecule has 4 amide bonds. The molecule has 1 atom stereocenters. The average Bonchev–Trinajstić information content (AvgIpc) is 2.98. The molecule has 238 valence electrons. The number of ether oxygens (including phenoxy) is 2. The number of fused-ring (bicyclic) bond motifs is 1. The number of carbonyl (C=O) groups excluding carboxylic acids is 4. The number of hydrogen-bond donors (Lipinski definition) is 2. The number of hydrogen-bond acceptors (Lipinski definition) is 6. The summed E-state index contributed by atoms with van der Waals surface area (Å²) in [6, 6.07) is 14.2. The maximum Gasteiger partial charge on any atom is 0.410 e. The first-order valence-corrected chi connectivity index (χ1v) is 15.7. The van der Waals surface area contributed by atoms with Gasteiger partial charge in [-0.3, -0.25) is 14.4 Å². The van der Waals surface area contributed by atoms with E-state index in [1.165, 1.54) is 0 Å². The van der Waals surface area contributed by atoms with E-state index in [2.05, 4.69) is 10.6 Å². The molecule has 0 spiro atoms. The van der Waals surface area contributed by atoms with Gasteiger partial charge in [0.1, 0.15) is 18.0 Å². The largest absolute Gasteiger partial charge is 0.491 e. The van der Waals surface area contributed by atoms with Crippen molar-refractivity contribution in [3.05, 3.63) is 64.7 Å². The second-order valence-corrected chi connectivity index (χ2v) is 12.8. The minimum Gasteiger partial charge on any atom is -0.491 e. The molecule has 2 aromatic carbocycles. The van der Waals surface area contributed by atoms with Crippen LogP contribution in [0.4, 0.5) is 4.79 Å². The van der Waals surface area contributed by atoms with Crippen LogP contribution in [0.3, 0.4) is 0 Å². The van der Waals surface area contributed by atoms with Crippen molar-refractivity contribution in [2.75, 3.05) is 39.3 Å². The molecule has 1 fully saturated rings. The molecule has 0 saturated carbocycles. The molecular formula is C33H43ClN4O6. The molecule has 0 bridgehead atoms. The van der Waals surface area contributed by atoms with Gasteiger partial charge in [-0.15, -0.1) is 0 Å². The van der Waals surface area contributed by atoms with Crippen LogP contribution in [-0.2, 0) is 20.7 Å². The van der Waals surface area contributed by atoms with Crippen molar-refractivity contribution in [2.24, 2.45) is 5.92 Å². The summed E-state index contributed by atoms with van der Waals surface area (Å²) in [6.07, 6.45) is 2.33. The van der Waals surface area contributed by atoms with Gasteiger partial charge in [-0.05, 0) is 76.6 Å². The fraction of sp³-hybridized carbons (Fsp3) is 0.515. The van der Waals surface area contributed by atoms with Crippen LogP contribution >= 0.6 is 11.6 Å². The van der Waals surface area contributed by atoms with Crippen LogP contribution in [0.25, 0.3) is 0 Å². The van der Waals surface area contributed by atoms with Gasteiger partial charge < -0.3 is 29.9 Å². The number of carbonyl (C=O) groups is 4. The lowest BCUT2D eigenvalue weighted by molar-refractivity contribution is -0.141. The summed E-state index contributed by atoms with van der Waals surface area (Å²) < 4.78 is 11.6. The van der Waals surface area contributed by atoms with Gasteiger partial charge in [0, 0.05) is 37.1 Å². The van der Waals surface area contributed by atoms with E-state index in [4.69, 9.17) is 21.1 Å². The number of amides is 4. The molecule has 44 heavy (non-hydrogen) atoms. The Kier molecular flexibility index (Phi) is 11.5. The average molecular weight is 627 g/mol. The molecule has 4 rings (SSSR count). The van der Waals surface area contributed by atoms with Crippen LogP contribution in [0, 0.1) is 5.92 Å². The fourth-order valence-corrected chi connectivity index (χ4v) is 5.55. The zero-order valence-electron chi connectivity index (χ0n) is 25.8. The molecular weight excluding hydrogens is 584 g/mol. The number of halogens is 1. The van der Waals surface area contributed by atoms with Crippen LogP contribution in [0.5, 0.6) is 5.75 Å². The van der Waals surface area contributed by atoms with E-state index in [-0.39, 0.29) is 42.9 Å². The zero-order chi connectivity index (χ0) is 31.7. The minimum absolute atomic E-state index is 0.0883. The number of rotatable bonds is 3. The van der Waals surface area contributed by atoms with Crippen LogP contribution in [-0.4, -0.2) is 84.6 Å². The Morgan fingerprint density at radius 2 is 1.73 bits per heavy atom. The van der Waals surface area contributed by atoms with Gasteiger partial charge >= 0.3 is 6.09 Å². The van der Waals surface area contributed by atoms with Crippen LogP contribution < -0.4 is 15.4 Å². The normalized spacial score (nSPS) is 19.4. The highest BCUT2D eigenvalue weighted by Gasteiger charge is 2.33. The highest BCUT2D eigenvalue weighted by molar-refractivity contribution is 6.31. The van der Waals surface area contributed by atoms with Crippen LogP contribution in [0.2, 0.25) is 5.02 Å². The van der Waals surface area contributed by atoms with Crippen LogP contribution in [0.15, 0.2) is 48.5 Å². The standard InChI is InChI=1S/C33H43ClN4O6/c1-33(2,3)44-32(42)37-17-13-24(14-18-37)31(41)38-16-8-7-15-35-30(40)27-20-25(34)11-12-28(27)43-22-26(36-29(39)21-38)19-23-9-5-4-6-10-23/h4-6,9-12,20,24,26H,7-8,13-19,21-22H2,1-3H3,(H,35,40)(H,36,39)/t26-/m1/s1. The summed E-state index contributed by atoms with van der Waals surface area (Å²) in [5, 5.41) is 6.40. The molecule has 0 aliphatic carbocycles. The van der Waals surface area contributed by atoms with E-state index in [1.807, 2.05) is 51.1 Å². The van der Waals surface area contributed by atoms with Gasteiger partial charge in [-0.25, -0.2) is 4.79 Å². The van der Waals surface area contributed by atoms with Gasteiger partial charge in [0.15, 0.2) is 0 Å². The maximum atomic E-state index is 13.7. The third kappa shape index (κ3) is 9.87. The van der Waals surface area contributed by atoms with E-state index < -0.39 is 11.6 Å². The van der Waals surface area contributed by atoms with Gasteiger partial charge in [0.2, 0.25) is 11.8 Å². The van der Waals surface area contributed by atoms with E-state index >= 15 is 0 Å². The lowest BCUT2D eigenvalue weighted by atomic mass is 9.95. The molecule has 0 aromatic heterocycles. The second kappa shape index (κ2) is 15.3. The third-order valence-electron chi connectivity index (χ3n) is 7.60. The lowest BCUT2D eigenvalue weighted by Crippen LogP contribution is -2.50. The quantitative estimate of drug-likeness (QED) is 0.520. The number of benzene rings is 2. The van der Waals surface area contributed by atoms with E-state index in [1.54, 1.807) is 28.0 Å². The first kappa shape index (κ1) is 33.1. The van der Waals surface area contributed by atoms with Gasteiger partial charge in [-0.1, -0.05) is 41.9 Å². The zero-order valence-corrected chi connectivity index (χ0v) is 26.5. The van der Waals surface area contributed by atoms with E-state index in [0.717, 1.165) is 5.56 Å². The molecule has 11 heteroatoms. The number of nitrogens with zero attached hydrogens (tertiary/aromatic N) is 2. The first-order valence-electron chi connectivity index (χ1n) is 15.3. The summed E-state index contributed by atoms with van der Waals surface area (Å²) in [6.45, 7) is 7.09. The van der Waals surface area contributed by atoms with Crippen LogP contribution in [0.1, 0.15) is 62.4 Å². The second-order valence-electron chi connectivity index (χ2n) is 12.4. The number of piperidine rings is 1. The Bertz CT molecular complexity index is 1310. The summed E-state index contributed by atoms with van der Waals surface area (Å²) in [4.78, 5) is 55.9. The van der Waals surface area contributed by atoms with E-state index in [9.17, 15) is 19.2 Å². The summed E-state index contributed by atoms with van der Waals surface area (Å²) in [7, 11) is 0. The van der Waals surface area contributed by atoms with Gasteiger partial charge in [0.25, 0.3) is 5.91 Å². The molecule has 0 unspecified atom stereocenters. The summed E-state index contributed by atoms with van der Waals surface area (Å²) in [5.41, 5.74) is 0.747. The molecule has 2 aliphatic heterocycles. The highest BCUT2D eigenvalue weighted by Crippen LogP contribution is 2.25. The van der Waals surface area contributed by atoms with Crippen molar-refractivity contribution in [1.82, 2.24) is 20.4 Å². The monoisotopic (exact) mass is 626 g/mol. The van der Waals surface area contributed by atoms with Crippen molar-refractivity contribution in [2.45, 2.75) is 64.5 Å². The van der Waals surface area contributed by atoms with E-state index in [0.29, 0.717) is 74.6 Å². The predicted octanol–water partition coefficient (Wildman–Crippen LogP) is 4.45. The van der Waals surface area contributed by atoms with Crippen molar-refractivity contribution < 1.29 is 28.7 Å². The fourth-order valence-electron chi connectivity index (χ4n) is 5.38. The molecule has 1 saturated heterocycles. The minimum atomic E-state index is -0.591. The van der Waals surface area contributed by atoms with Crippen molar-refractivity contribution in [3.8, 4) is 5.75 Å². The van der Waals surface area contributed by atoms with Crippen molar-refractivity contribution >= 4 is 35.4 Å². The number of nitrogens with one attached hydrogen (secondary N) is 2. The molecule has 2 N–H and O–H groups in total. The maximum absolute atomic E-state index is 13.7. The molecule has 10 nitrogen and oxygen atoms in total. The molecule has 2 aliphatic rings. The molecule has 2 heterocycles. The predicted molar refractivity (Wildman–Crippen MR) is 168 cm³/mol. The first-order chi connectivity index (χ1) is 21.0. The van der Waals surface area contributed by atoms with Crippen molar-refractivity contribution in [1.29, 1.82) is 0 Å². The van der Waals surface area contributed by atoms with Gasteiger partial charge in [0.05, 0.1) is 18.2 Å². The summed E-state index contributed by atoms with van der Waals surface area (Å²) in [5.74, 6) is -0.606. The Morgan fingerprint density at radius 3 is 2.43 bits per heavy atom. The Morgan fingerprint density at radius 1 is 1.00 bits per heavy atom. The SMILES string of the molecule is CC(C)(C)OC(=O)N1CCC(C(=O)N2CCCCNC(=O)c3cc(Cl)ccc3OC[C@@H](Cc3ccccc3)NC(=O)C2)CC1. The topological polar surface area (TPSA) is 117 Å². The third-order valence-corrected chi connectivity index (χ3v) is 7.83. The molecule has 2 aromatic rings. The highest BCUT2D eigenvalue weighted by atomic mass is 35.5. The summed E-state index contributed by atoms with van der Waals surface area (Å²) >= 11 is 6.19. The Labute approximate surface area is 264 Å². The number of likely N-dealkylation sites (tertiary alicyclic amines) is 1. The smallest absolute Gasteiger partial charge is 0.410 e. The molecule has 0 radical (unpaired) electrons. The lowest BCUT2D eigenvalue weighted by Gasteiger charge is -2.35.